The molecule has 0 radical (unpaired) electrons. The molecule has 2 fully saturated rings. The van der Waals surface area contributed by atoms with Gasteiger partial charge in [-0.2, -0.15) is 0 Å². The summed E-state index contributed by atoms with van der Waals surface area (Å²) in [4.78, 5) is 0. The number of aliphatic hydroxyl groups is 1. The molecular formula is C73H72O11. The number of benzene rings is 9. The maximum absolute atomic E-state index is 12.2. The Labute approximate surface area is 493 Å². The van der Waals surface area contributed by atoms with Crippen molar-refractivity contribution in [1.29, 1.82) is 0 Å². The summed E-state index contributed by atoms with van der Waals surface area (Å²) in [7, 11) is 0. The van der Waals surface area contributed by atoms with Crippen LogP contribution in [0.4, 0.5) is 0 Å². The molecule has 11 rings (SSSR count). The molecule has 9 aromatic rings. The van der Waals surface area contributed by atoms with Gasteiger partial charge in [0.15, 0.2) is 12.6 Å². The van der Waals surface area contributed by atoms with Crippen LogP contribution >= 0.6 is 0 Å². The quantitative estimate of drug-likeness (QED) is 0.0497. The molecule has 0 aromatic heterocycles. The molecule has 2 heterocycles. The van der Waals surface area contributed by atoms with Crippen LogP contribution in [-0.4, -0.2) is 79.7 Å². The van der Waals surface area contributed by atoms with E-state index in [4.69, 9.17) is 47.4 Å². The minimum Gasteiger partial charge on any atom is -0.368 e. The fourth-order valence-corrected chi connectivity index (χ4v) is 11.1. The lowest BCUT2D eigenvalue weighted by molar-refractivity contribution is -0.350. The van der Waals surface area contributed by atoms with Gasteiger partial charge >= 0.3 is 0 Å². The highest BCUT2D eigenvalue weighted by Crippen LogP contribution is 2.42. The van der Waals surface area contributed by atoms with Crippen LogP contribution in [0, 0.1) is 0 Å². The minimum atomic E-state index is -1.45. The summed E-state index contributed by atoms with van der Waals surface area (Å²) < 4.78 is 70.8. The molecule has 1 N–H and O–H groups in total. The zero-order valence-electron chi connectivity index (χ0n) is 46.9. The number of hydrogen-bond donors (Lipinski definition) is 1. The lowest BCUT2D eigenvalue weighted by atomic mass is 9.80. The monoisotopic (exact) mass is 1120 g/mol. The molecule has 2 saturated heterocycles. The van der Waals surface area contributed by atoms with E-state index in [1.807, 2.05) is 237 Å². The predicted molar refractivity (Wildman–Crippen MR) is 321 cm³/mol. The molecule has 2 aliphatic rings. The normalized spacial score (nSPS) is 22.5. The van der Waals surface area contributed by atoms with Gasteiger partial charge < -0.3 is 52.5 Å². The Balaban J connectivity index is 0.982. The summed E-state index contributed by atoms with van der Waals surface area (Å²) in [5.41, 5.74) is 7.36. The molecule has 0 amide bonds. The second kappa shape index (κ2) is 29.9. The molecular weight excluding hydrogens is 1050 g/mol. The Hall–Kier alpha value is -7.46. The van der Waals surface area contributed by atoms with E-state index in [0.29, 0.717) is 0 Å². The molecule has 0 aliphatic carbocycles. The van der Waals surface area contributed by atoms with E-state index in [0.717, 1.165) is 50.1 Å². The first-order valence-electron chi connectivity index (χ1n) is 28.9. The zero-order chi connectivity index (χ0) is 57.0. The van der Waals surface area contributed by atoms with E-state index < -0.39 is 67.0 Å². The van der Waals surface area contributed by atoms with Crippen LogP contribution in [0.5, 0.6) is 0 Å². The summed E-state index contributed by atoms with van der Waals surface area (Å²) in [5, 5.41) is 12.2. The van der Waals surface area contributed by atoms with E-state index in [1.54, 1.807) is 0 Å². The van der Waals surface area contributed by atoms with Gasteiger partial charge in [0.2, 0.25) is 0 Å². The third-order valence-corrected chi connectivity index (χ3v) is 15.3. The Bertz CT molecular complexity index is 3170. The van der Waals surface area contributed by atoms with Gasteiger partial charge in [0.1, 0.15) is 54.4 Å². The van der Waals surface area contributed by atoms with Crippen LogP contribution in [0.25, 0.3) is 0 Å². The molecule has 11 heteroatoms. The topological polar surface area (TPSA) is 113 Å². The molecule has 0 spiro atoms. The number of hydrogen-bond acceptors (Lipinski definition) is 11. The lowest BCUT2D eigenvalue weighted by Crippen LogP contribution is -2.64. The molecule has 2 aliphatic heterocycles. The van der Waals surface area contributed by atoms with Gasteiger partial charge in [0.05, 0.1) is 52.9 Å². The van der Waals surface area contributed by atoms with Gasteiger partial charge in [-0.3, -0.25) is 0 Å². The summed E-state index contributed by atoms with van der Waals surface area (Å²) in [6, 6.07) is 90.6. The zero-order valence-corrected chi connectivity index (χ0v) is 46.9. The van der Waals surface area contributed by atoms with E-state index >= 15 is 0 Å². The SMILES string of the molecule is O[C@H]1O[C@H](CO[C@H]2O[C@H](COC(c3ccccc3)(c3ccccc3)c3ccccc3)[C@@H](OCc3ccccc3)[C@H](OCc3ccccc3)[C@H]2OCc2ccccc2)[C@@H](OCc2ccccc2)[C@H](OCc2ccccc2)[C@H]1OCc1ccccc1. The highest BCUT2D eigenvalue weighted by molar-refractivity contribution is 5.47. The van der Waals surface area contributed by atoms with Gasteiger partial charge in [-0.05, 0) is 50.1 Å². The Kier molecular flexibility index (Phi) is 20.7. The largest absolute Gasteiger partial charge is 0.368 e. The van der Waals surface area contributed by atoms with Crippen molar-refractivity contribution < 1.29 is 52.5 Å². The van der Waals surface area contributed by atoms with Crippen LogP contribution in [0.15, 0.2) is 273 Å². The van der Waals surface area contributed by atoms with Crippen LogP contribution < -0.4 is 0 Å². The maximum atomic E-state index is 12.2. The van der Waals surface area contributed by atoms with Crippen molar-refractivity contribution >= 4 is 0 Å². The smallest absolute Gasteiger partial charge is 0.187 e. The molecule has 430 valence electrons. The maximum Gasteiger partial charge on any atom is 0.187 e. The second-order valence-electron chi connectivity index (χ2n) is 21.1. The highest BCUT2D eigenvalue weighted by Gasteiger charge is 2.53. The first kappa shape index (κ1) is 58.3. The summed E-state index contributed by atoms with van der Waals surface area (Å²) in [6.07, 6.45) is -9.49. The molecule has 9 aromatic carbocycles. The number of rotatable bonds is 27. The van der Waals surface area contributed by atoms with Crippen LogP contribution in [0.1, 0.15) is 50.1 Å². The van der Waals surface area contributed by atoms with E-state index in [9.17, 15) is 5.11 Å². The molecule has 0 unspecified atom stereocenters. The van der Waals surface area contributed by atoms with Crippen LogP contribution in [0.3, 0.4) is 0 Å². The van der Waals surface area contributed by atoms with Crippen molar-refractivity contribution in [1.82, 2.24) is 0 Å². The van der Waals surface area contributed by atoms with Gasteiger partial charge in [-0.25, -0.2) is 0 Å². The van der Waals surface area contributed by atoms with Crippen molar-refractivity contribution in [3.8, 4) is 0 Å². The summed E-state index contributed by atoms with van der Waals surface area (Å²) in [5.74, 6) is 0. The average Bonchev–Trinajstić information content (AvgIpc) is 3.09. The third kappa shape index (κ3) is 15.1. The number of ether oxygens (including phenoxy) is 10. The average molecular weight is 1130 g/mol. The standard InChI is InChI=1S/C73H72O11/c74-71-69(79-50-58-36-18-5-19-37-58)67(77-48-56-32-14-3-15-33-56)65(75-46-54-28-10-1-11-29-54)63(83-71)52-81-72-70(80-51-59-38-20-6-21-39-59)68(78-49-57-34-16-4-17-35-57)66(76-47-55-30-12-2-13-31-55)64(84-72)53-82-73(60-40-22-7-23-41-60,61-42-24-8-25-43-61)62-44-26-9-27-45-62/h1-45,63-72,74H,46-53H2/t63-,64-,65-,66-,67+,68+,69-,70-,71+,72+/m1/s1. The van der Waals surface area contributed by atoms with Gasteiger partial charge in [-0.15, -0.1) is 0 Å². The van der Waals surface area contributed by atoms with Gasteiger partial charge in [0, 0.05) is 0 Å². The van der Waals surface area contributed by atoms with Gasteiger partial charge in [0.25, 0.3) is 0 Å². The summed E-state index contributed by atoms with van der Waals surface area (Å²) >= 11 is 0. The fraction of sp³-hybridized carbons (Fsp3) is 0.260. The fourth-order valence-electron chi connectivity index (χ4n) is 11.1. The van der Waals surface area contributed by atoms with Crippen molar-refractivity contribution in [2.75, 3.05) is 13.2 Å². The van der Waals surface area contributed by atoms with Crippen LogP contribution in [-0.2, 0) is 92.6 Å². The Morgan fingerprint density at radius 3 is 0.869 bits per heavy atom. The van der Waals surface area contributed by atoms with Crippen molar-refractivity contribution in [2.45, 2.75) is 107 Å². The molecule has 10 atom stereocenters. The predicted octanol–water partition coefficient (Wildman–Crippen LogP) is 13.0. The van der Waals surface area contributed by atoms with Crippen LogP contribution in [0.2, 0.25) is 0 Å². The van der Waals surface area contributed by atoms with E-state index in [1.165, 1.54) is 0 Å². The van der Waals surface area contributed by atoms with Gasteiger partial charge in [-0.1, -0.05) is 273 Å². The first-order chi connectivity index (χ1) is 41.6. The Morgan fingerprint density at radius 1 is 0.274 bits per heavy atom. The van der Waals surface area contributed by atoms with Crippen molar-refractivity contribution in [3.63, 3.8) is 0 Å². The van der Waals surface area contributed by atoms with Crippen molar-refractivity contribution in [3.05, 3.63) is 323 Å². The third-order valence-electron chi connectivity index (χ3n) is 15.3. The van der Waals surface area contributed by atoms with E-state index in [-0.39, 0.29) is 52.9 Å². The molecule has 0 bridgehead atoms. The summed E-state index contributed by atoms with van der Waals surface area (Å²) in [6.45, 7) is 1.15. The first-order valence-corrected chi connectivity index (χ1v) is 28.9. The van der Waals surface area contributed by atoms with Crippen molar-refractivity contribution in [2.24, 2.45) is 0 Å². The Morgan fingerprint density at radius 2 is 0.536 bits per heavy atom. The highest BCUT2D eigenvalue weighted by atomic mass is 16.7. The molecule has 11 nitrogen and oxygen atoms in total. The number of aliphatic hydroxyl groups excluding tert-OH is 1. The van der Waals surface area contributed by atoms with E-state index in [2.05, 4.69) is 36.4 Å². The lowest BCUT2D eigenvalue weighted by Gasteiger charge is -2.48. The minimum absolute atomic E-state index is 0.00584. The molecule has 84 heavy (non-hydrogen) atoms. The molecule has 0 saturated carbocycles. The second-order valence-corrected chi connectivity index (χ2v) is 21.1.